The molecule has 0 spiro atoms. The highest BCUT2D eigenvalue weighted by atomic mass is 32.2. The van der Waals surface area contributed by atoms with Gasteiger partial charge in [-0.2, -0.15) is 4.31 Å². The minimum absolute atomic E-state index is 0. The molecule has 25 heavy (non-hydrogen) atoms. The van der Waals surface area contributed by atoms with E-state index in [4.69, 9.17) is 5.11 Å². The molecule has 0 amide bonds. The quantitative estimate of drug-likeness (QED) is 0.351. The first-order chi connectivity index (χ1) is 11.3. The molecule has 0 aliphatic heterocycles. The number of aliphatic carboxylic acids is 1. The standard InChI is InChI=1S/C17H31NO5S.H2O/c1-3-4-7-11-16(19)12-10-15-18(24(2,22)23)14-9-6-5-8-13-17(20)21;/h6,9-10,12,16,19H,3-5,7-8,11,13-15H2,1-2H3,(H,20,21);1H2/b9-6-,12-10+;. The van der Waals surface area contributed by atoms with Crippen LogP contribution in [-0.2, 0) is 14.8 Å². The lowest BCUT2D eigenvalue weighted by molar-refractivity contribution is -0.137. The second kappa shape index (κ2) is 15.1. The van der Waals surface area contributed by atoms with Crippen molar-refractivity contribution in [1.82, 2.24) is 4.31 Å². The number of carboxylic acids is 1. The Bertz CT molecular complexity index is 501. The van der Waals surface area contributed by atoms with Gasteiger partial charge in [0.15, 0.2) is 0 Å². The van der Waals surface area contributed by atoms with E-state index in [0.29, 0.717) is 19.3 Å². The van der Waals surface area contributed by atoms with E-state index >= 15 is 0 Å². The van der Waals surface area contributed by atoms with Crippen LogP contribution in [-0.4, -0.2) is 59.8 Å². The predicted molar refractivity (Wildman–Crippen MR) is 99.9 cm³/mol. The molecule has 0 bridgehead atoms. The maximum Gasteiger partial charge on any atom is 0.303 e. The van der Waals surface area contributed by atoms with Gasteiger partial charge in [-0.25, -0.2) is 8.42 Å². The topological polar surface area (TPSA) is 126 Å². The number of sulfonamides is 1. The number of aliphatic hydroxyl groups is 1. The summed E-state index contributed by atoms with van der Waals surface area (Å²) in [5.41, 5.74) is 0. The molecule has 0 aromatic heterocycles. The van der Waals surface area contributed by atoms with E-state index in [9.17, 15) is 18.3 Å². The molecular weight excluding hydrogens is 346 g/mol. The minimum atomic E-state index is -3.33. The lowest BCUT2D eigenvalue weighted by Gasteiger charge is -2.16. The van der Waals surface area contributed by atoms with Crippen molar-refractivity contribution in [2.24, 2.45) is 0 Å². The molecule has 0 saturated heterocycles. The number of carbonyl (C=O) groups is 1. The molecule has 0 heterocycles. The largest absolute Gasteiger partial charge is 0.481 e. The maximum absolute atomic E-state index is 11.7. The first-order valence-corrected chi connectivity index (χ1v) is 10.3. The number of aliphatic hydroxyl groups excluding tert-OH is 1. The molecule has 8 heteroatoms. The second-order valence-corrected chi connectivity index (χ2v) is 7.81. The maximum atomic E-state index is 11.7. The van der Waals surface area contributed by atoms with Crippen LogP contribution < -0.4 is 0 Å². The Morgan fingerprint density at radius 1 is 1.12 bits per heavy atom. The van der Waals surface area contributed by atoms with Crippen LogP contribution in [0.1, 0.15) is 51.9 Å². The highest BCUT2D eigenvalue weighted by Gasteiger charge is 2.13. The monoisotopic (exact) mass is 379 g/mol. The van der Waals surface area contributed by atoms with Gasteiger partial charge >= 0.3 is 5.97 Å². The fourth-order valence-electron chi connectivity index (χ4n) is 2.06. The zero-order valence-corrected chi connectivity index (χ0v) is 16.0. The molecule has 7 nitrogen and oxygen atoms in total. The first kappa shape index (κ1) is 26.0. The fourth-order valence-corrected chi connectivity index (χ4v) is 2.78. The summed E-state index contributed by atoms with van der Waals surface area (Å²) in [6.45, 7) is 2.55. The van der Waals surface area contributed by atoms with Gasteiger partial charge in [-0.1, -0.05) is 50.5 Å². The van der Waals surface area contributed by atoms with Crippen molar-refractivity contribution in [1.29, 1.82) is 0 Å². The summed E-state index contributed by atoms with van der Waals surface area (Å²) < 4.78 is 24.8. The van der Waals surface area contributed by atoms with Gasteiger partial charge < -0.3 is 15.7 Å². The predicted octanol–water partition coefficient (Wildman–Crippen LogP) is 1.73. The van der Waals surface area contributed by atoms with Crippen LogP contribution in [0.25, 0.3) is 0 Å². The van der Waals surface area contributed by atoms with Gasteiger partial charge in [0.1, 0.15) is 0 Å². The number of allylic oxidation sites excluding steroid dienone is 1. The van der Waals surface area contributed by atoms with Crippen molar-refractivity contribution in [3.8, 4) is 0 Å². The van der Waals surface area contributed by atoms with Crippen molar-refractivity contribution in [2.75, 3.05) is 19.3 Å². The van der Waals surface area contributed by atoms with E-state index in [-0.39, 0.29) is 25.0 Å². The summed E-state index contributed by atoms with van der Waals surface area (Å²) in [5, 5.41) is 18.3. The lowest BCUT2D eigenvalue weighted by Crippen LogP contribution is -2.30. The average molecular weight is 380 g/mol. The average Bonchev–Trinajstić information content (AvgIpc) is 2.47. The van der Waals surface area contributed by atoms with E-state index in [2.05, 4.69) is 6.92 Å². The summed E-state index contributed by atoms with van der Waals surface area (Å²) in [6.07, 6.45) is 12.5. The molecule has 148 valence electrons. The van der Waals surface area contributed by atoms with E-state index in [0.717, 1.165) is 25.5 Å². The zero-order valence-electron chi connectivity index (χ0n) is 15.2. The molecule has 0 radical (unpaired) electrons. The number of rotatable bonds is 14. The highest BCUT2D eigenvalue weighted by Crippen LogP contribution is 2.05. The molecular formula is C17H33NO6S. The Morgan fingerprint density at radius 2 is 1.76 bits per heavy atom. The van der Waals surface area contributed by atoms with Crippen LogP contribution >= 0.6 is 0 Å². The number of unbranched alkanes of at least 4 members (excludes halogenated alkanes) is 3. The third-order valence-corrected chi connectivity index (χ3v) is 4.71. The molecule has 1 unspecified atom stereocenters. The van der Waals surface area contributed by atoms with Gasteiger partial charge in [0.05, 0.1) is 12.4 Å². The van der Waals surface area contributed by atoms with Gasteiger partial charge in [-0.3, -0.25) is 4.79 Å². The second-order valence-electron chi connectivity index (χ2n) is 5.83. The summed E-state index contributed by atoms with van der Waals surface area (Å²) >= 11 is 0. The third kappa shape index (κ3) is 16.0. The van der Waals surface area contributed by atoms with Gasteiger partial charge in [-0.15, -0.1) is 0 Å². The Labute approximate surface area is 151 Å². The molecule has 0 aromatic rings. The van der Waals surface area contributed by atoms with E-state index in [1.165, 1.54) is 4.31 Å². The van der Waals surface area contributed by atoms with E-state index < -0.39 is 22.1 Å². The number of hydrogen-bond acceptors (Lipinski definition) is 4. The summed E-state index contributed by atoms with van der Waals surface area (Å²) in [5.74, 6) is -0.830. The first-order valence-electron chi connectivity index (χ1n) is 8.44. The van der Waals surface area contributed by atoms with Crippen LogP contribution in [0.2, 0.25) is 0 Å². The van der Waals surface area contributed by atoms with Gasteiger partial charge in [-0.05, 0) is 19.3 Å². The molecule has 0 saturated carbocycles. The normalized spacial score (nSPS) is 13.4. The fraction of sp³-hybridized carbons (Fsp3) is 0.706. The smallest absolute Gasteiger partial charge is 0.303 e. The van der Waals surface area contributed by atoms with Crippen LogP contribution in [0.5, 0.6) is 0 Å². The van der Waals surface area contributed by atoms with Crippen molar-refractivity contribution < 1.29 is 28.9 Å². The molecule has 0 rings (SSSR count). The highest BCUT2D eigenvalue weighted by molar-refractivity contribution is 7.88. The Morgan fingerprint density at radius 3 is 2.32 bits per heavy atom. The van der Waals surface area contributed by atoms with E-state index in [1.54, 1.807) is 24.3 Å². The number of nitrogens with zero attached hydrogens (tertiary/aromatic N) is 1. The van der Waals surface area contributed by atoms with Gasteiger partial charge in [0.2, 0.25) is 10.0 Å². The summed E-state index contributed by atoms with van der Waals surface area (Å²) in [4.78, 5) is 10.4. The van der Waals surface area contributed by atoms with Crippen molar-refractivity contribution in [3.05, 3.63) is 24.3 Å². The van der Waals surface area contributed by atoms with Crippen LogP contribution in [0.3, 0.4) is 0 Å². The number of hydrogen-bond donors (Lipinski definition) is 2. The SMILES string of the molecule is CCCCCC(O)/C=C/CN(C/C=C\CCCC(=O)O)S(C)(=O)=O.O. The van der Waals surface area contributed by atoms with Gasteiger partial charge in [0, 0.05) is 19.5 Å². The molecule has 0 aliphatic carbocycles. The van der Waals surface area contributed by atoms with Gasteiger partial charge in [0.25, 0.3) is 0 Å². The molecule has 1 atom stereocenters. The van der Waals surface area contributed by atoms with Crippen molar-refractivity contribution in [2.45, 2.75) is 58.0 Å². The third-order valence-electron chi connectivity index (χ3n) is 3.48. The van der Waals surface area contributed by atoms with Crippen LogP contribution in [0.4, 0.5) is 0 Å². The zero-order chi connectivity index (χ0) is 18.4. The molecule has 0 fully saturated rings. The summed E-state index contributed by atoms with van der Waals surface area (Å²) in [7, 11) is -3.33. The Balaban J connectivity index is 0. The van der Waals surface area contributed by atoms with Crippen molar-refractivity contribution >= 4 is 16.0 Å². The minimum Gasteiger partial charge on any atom is -0.481 e. The molecule has 0 aliphatic rings. The Hall–Kier alpha value is -1.22. The lowest BCUT2D eigenvalue weighted by atomic mass is 10.1. The molecule has 4 N–H and O–H groups in total. The molecule has 0 aromatic carbocycles. The van der Waals surface area contributed by atoms with Crippen LogP contribution in [0.15, 0.2) is 24.3 Å². The number of carboxylic acid groups (broad SMARTS) is 1. The summed E-state index contributed by atoms with van der Waals surface area (Å²) in [6, 6.07) is 0. The van der Waals surface area contributed by atoms with E-state index in [1.807, 2.05) is 0 Å². The van der Waals surface area contributed by atoms with Crippen molar-refractivity contribution in [3.63, 3.8) is 0 Å². The van der Waals surface area contributed by atoms with Crippen LogP contribution in [0, 0.1) is 0 Å². The Kier molecular flexibility index (Phi) is 15.7.